The van der Waals surface area contributed by atoms with Crippen LogP contribution in [0.25, 0.3) is 10.1 Å². The van der Waals surface area contributed by atoms with Gasteiger partial charge in [-0.3, -0.25) is 0 Å². The maximum absolute atomic E-state index is 9.61. The van der Waals surface area contributed by atoms with Gasteiger partial charge in [0.1, 0.15) is 5.75 Å². The molecule has 1 heterocycles. The summed E-state index contributed by atoms with van der Waals surface area (Å²) in [6.45, 7) is 2.02. The van der Waals surface area contributed by atoms with Crippen molar-refractivity contribution in [1.29, 1.82) is 5.26 Å². The molecule has 2 aromatic rings. The largest absolute Gasteiger partial charge is 0.506 e. The van der Waals surface area contributed by atoms with E-state index < -0.39 is 0 Å². The molecule has 0 amide bonds. The third kappa shape index (κ3) is 1.24. The number of aryl methyl sites for hydroxylation is 1. The van der Waals surface area contributed by atoms with Gasteiger partial charge in [-0.25, -0.2) is 0 Å². The standard InChI is InChI=1S/C11H9NOS/c1-2-8-3-7(5-12)4-10-11(8)9(13)6-14-10/h3-4,6,13H,2H2,1H3. The van der Waals surface area contributed by atoms with Gasteiger partial charge in [-0.1, -0.05) is 6.92 Å². The van der Waals surface area contributed by atoms with Crippen molar-refractivity contribution < 1.29 is 5.11 Å². The van der Waals surface area contributed by atoms with Gasteiger partial charge in [0.25, 0.3) is 0 Å². The molecule has 0 bridgehead atoms. The van der Waals surface area contributed by atoms with Gasteiger partial charge >= 0.3 is 0 Å². The van der Waals surface area contributed by atoms with Crippen LogP contribution in [0.15, 0.2) is 17.5 Å². The Morgan fingerprint density at radius 3 is 2.93 bits per heavy atom. The van der Waals surface area contributed by atoms with Crippen LogP contribution in [0.3, 0.4) is 0 Å². The molecule has 14 heavy (non-hydrogen) atoms. The zero-order valence-corrected chi connectivity index (χ0v) is 8.56. The lowest BCUT2D eigenvalue weighted by Gasteiger charge is -2.01. The predicted molar refractivity (Wildman–Crippen MR) is 57.6 cm³/mol. The highest BCUT2D eigenvalue weighted by molar-refractivity contribution is 7.17. The van der Waals surface area contributed by atoms with Gasteiger partial charge in [0.05, 0.1) is 11.6 Å². The third-order valence-corrected chi connectivity index (χ3v) is 3.16. The molecule has 2 nitrogen and oxygen atoms in total. The minimum atomic E-state index is 0.325. The highest BCUT2D eigenvalue weighted by Gasteiger charge is 2.08. The molecule has 2 rings (SSSR count). The Balaban J connectivity index is 2.84. The fourth-order valence-corrected chi connectivity index (χ4v) is 2.48. The molecule has 1 aromatic heterocycles. The van der Waals surface area contributed by atoms with E-state index in [1.54, 1.807) is 5.38 Å². The number of rotatable bonds is 1. The first-order valence-corrected chi connectivity index (χ1v) is 5.27. The van der Waals surface area contributed by atoms with Crippen molar-refractivity contribution in [3.63, 3.8) is 0 Å². The molecule has 0 saturated carbocycles. The van der Waals surface area contributed by atoms with Crippen LogP contribution in [0.2, 0.25) is 0 Å². The molecule has 0 aliphatic heterocycles. The number of nitrogens with zero attached hydrogens (tertiary/aromatic N) is 1. The van der Waals surface area contributed by atoms with Crippen molar-refractivity contribution >= 4 is 21.4 Å². The normalized spacial score (nSPS) is 10.3. The second-order valence-corrected chi connectivity index (χ2v) is 4.01. The van der Waals surface area contributed by atoms with Crippen LogP contribution in [0.4, 0.5) is 0 Å². The molecule has 70 valence electrons. The van der Waals surface area contributed by atoms with Gasteiger partial charge in [-0.2, -0.15) is 5.26 Å². The number of aromatic hydroxyl groups is 1. The van der Waals surface area contributed by atoms with Crippen LogP contribution in [-0.2, 0) is 6.42 Å². The summed E-state index contributed by atoms with van der Waals surface area (Å²) in [5, 5.41) is 21.0. The average Bonchev–Trinajstić information content (AvgIpc) is 2.59. The van der Waals surface area contributed by atoms with Gasteiger partial charge in [0, 0.05) is 15.5 Å². The maximum Gasteiger partial charge on any atom is 0.134 e. The van der Waals surface area contributed by atoms with E-state index in [0.29, 0.717) is 11.3 Å². The molecule has 0 atom stereocenters. The Hall–Kier alpha value is -1.53. The average molecular weight is 203 g/mol. The van der Waals surface area contributed by atoms with Crippen molar-refractivity contribution in [3.05, 3.63) is 28.6 Å². The van der Waals surface area contributed by atoms with E-state index in [0.717, 1.165) is 22.1 Å². The number of nitriles is 1. The van der Waals surface area contributed by atoms with Crippen molar-refractivity contribution in [2.75, 3.05) is 0 Å². The van der Waals surface area contributed by atoms with Gasteiger partial charge < -0.3 is 5.11 Å². The first-order valence-electron chi connectivity index (χ1n) is 4.39. The monoisotopic (exact) mass is 203 g/mol. The quantitative estimate of drug-likeness (QED) is 0.774. The summed E-state index contributed by atoms with van der Waals surface area (Å²) in [6.07, 6.45) is 0.830. The van der Waals surface area contributed by atoms with Crippen LogP contribution >= 0.6 is 11.3 Å². The molecule has 0 spiro atoms. The highest BCUT2D eigenvalue weighted by Crippen LogP contribution is 2.34. The molecule has 3 heteroatoms. The highest BCUT2D eigenvalue weighted by atomic mass is 32.1. The van der Waals surface area contributed by atoms with Crippen molar-refractivity contribution in [2.45, 2.75) is 13.3 Å². The van der Waals surface area contributed by atoms with Crippen molar-refractivity contribution in [1.82, 2.24) is 0 Å². The second kappa shape index (κ2) is 3.32. The summed E-state index contributed by atoms with van der Waals surface area (Å²) in [7, 11) is 0. The lowest BCUT2D eigenvalue weighted by molar-refractivity contribution is 0.483. The summed E-state index contributed by atoms with van der Waals surface area (Å²) >= 11 is 1.47. The Morgan fingerprint density at radius 1 is 1.50 bits per heavy atom. The molecule has 1 N–H and O–H groups in total. The van der Waals surface area contributed by atoms with Gasteiger partial charge in [-0.15, -0.1) is 11.3 Å². The van der Waals surface area contributed by atoms with E-state index in [9.17, 15) is 5.11 Å². The van der Waals surface area contributed by atoms with Gasteiger partial charge in [0.15, 0.2) is 0 Å². The van der Waals surface area contributed by atoms with Crippen LogP contribution in [0, 0.1) is 11.3 Å². The van der Waals surface area contributed by atoms with E-state index in [-0.39, 0.29) is 0 Å². The lowest BCUT2D eigenvalue weighted by atomic mass is 10.0. The molecular weight excluding hydrogens is 194 g/mol. The second-order valence-electron chi connectivity index (χ2n) is 3.09. The Bertz CT molecular complexity index is 522. The number of hydrogen-bond donors (Lipinski definition) is 1. The fourth-order valence-electron chi connectivity index (χ4n) is 1.58. The molecule has 0 unspecified atom stereocenters. The molecular formula is C11H9NOS. The summed E-state index contributed by atoms with van der Waals surface area (Å²) in [6, 6.07) is 5.79. The molecule has 1 aromatic carbocycles. The summed E-state index contributed by atoms with van der Waals surface area (Å²) in [4.78, 5) is 0. The van der Waals surface area contributed by atoms with Crippen molar-refractivity contribution in [3.8, 4) is 11.8 Å². The zero-order chi connectivity index (χ0) is 10.1. The van der Waals surface area contributed by atoms with E-state index in [2.05, 4.69) is 6.07 Å². The fraction of sp³-hybridized carbons (Fsp3) is 0.182. The minimum Gasteiger partial charge on any atom is -0.506 e. The molecule has 0 aliphatic carbocycles. The van der Waals surface area contributed by atoms with E-state index in [4.69, 9.17) is 5.26 Å². The van der Waals surface area contributed by atoms with Crippen LogP contribution < -0.4 is 0 Å². The van der Waals surface area contributed by atoms with Crippen LogP contribution in [-0.4, -0.2) is 5.11 Å². The Labute approximate surface area is 86.0 Å². The first-order chi connectivity index (χ1) is 6.76. The number of benzene rings is 1. The van der Waals surface area contributed by atoms with Crippen LogP contribution in [0.5, 0.6) is 5.75 Å². The topological polar surface area (TPSA) is 44.0 Å². The summed E-state index contributed by atoms with van der Waals surface area (Å²) in [5.41, 5.74) is 1.70. The smallest absolute Gasteiger partial charge is 0.134 e. The molecule has 0 aliphatic rings. The lowest BCUT2D eigenvalue weighted by Crippen LogP contribution is -1.83. The molecule has 0 radical (unpaired) electrons. The molecule has 0 fully saturated rings. The molecule has 0 saturated heterocycles. The number of hydrogen-bond acceptors (Lipinski definition) is 3. The maximum atomic E-state index is 9.61. The number of thiophene rings is 1. The number of fused-ring (bicyclic) bond motifs is 1. The summed E-state index contributed by atoms with van der Waals surface area (Å²) < 4.78 is 0.985. The zero-order valence-electron chi connectivity index (χ0n) is 7.74. The Morgan fingerprint density at radius 2 is 2.29 bits per heavy atom. The van der Waals surface area contributed by atoms with Gasteiger partial charge in [0.2, 0.25) is 0 Å². The van der Waals surface area contributed by atoms with Gasteiger partial charge in [-0.05, 0) is 24.1 Å². The minimum absolute atomic E-state index is 0.325. The SMILES string of the molecule is CCc1cc(C#N)cc2scc(O)c12. The van der Waals surface area contributed by atoms with E-state index in [1.165, 1.54) is 11.3 Å². The predicted octanol–water partition coefficient (Wildman–Crippen LogP) is 3.04. The first kappa shape index (κ1) is 9.04. The van der Waals surface area contributed by atoms with E-state index >= 15 is 0 Å². The summed E-state index contributed by atoms with van der Waals surface area (Å²) in [5.74, 6) is 0.325. The third-order valence-electron chi connectivity index (χ3n) is 2.25. The van der Waals surface area contributed by atoms with Crippen LogP contribution in [0.1, 0.15) is 18.1 Å². The Kier molecular flexibility index (Phi) is 2.14. The van der Waals surface area contributed by atoms with E-state index in [1.807, 2.05) is 19.1 Å². The van der Waals surface area contributed by atoms with Crippen molar-refractivity contribution in [2.24, 2.45) is 0 Å².